The molecule has 1 aliphatic rings. The van der Waals surface area contributed by atoms with Crippen molar-refractivity contribution in [2.24, 2.45) is 7.05 Å². The van der Waals surface area contributed by atoms with Crippen LogP contribution in [0.2, 0.25) is 0 Å². The summed E-state index contributed by atoms with van der Waals surface area (Å²) in [4.78, 5) is 19.3. The molecular weight excluding hydrogens is 350 g/mol. The van der Waals surface area contributed by atoms with Crippen LogP contribution in [-0.4, -0.2) is 48.2 Å². The van der Waals surface area contributed by atoms with E-state index in [0.29, 0.717) is 23.7 Å². The first kappa shape index (κ1) is 16.8. The van der Waals surface area contributed by atoms with Crippen LogP contribution in [0.5, 0.6) is 0 Å². The third kappa shape index (κ3) is 3.10. The third-order valence-electron chi connectivity index (χ3n) is 4.85. The fraction of sp³-hybridized carbons (Fsp3) is 0.412. The van der Waals surface area contributed by atoms with Gasteiger partial charge in [-0.2, -0.15) is 0 Å². The lowest BCUT2D eigenvalue weighted by atomic mass is 9.97. The van der Waals surface area contributed by atoms with E-state index in [1.54, 1.807) is 18.6 Å². The van der Waals surface area contributed by atoms with Crippen LogP contribution >= 0.6 is 11.3 Å². The highest BCUT2D eigenvalue weighted by molar-refractivity contribution is 7.12. The zero-order valence-corrected chi connectivity index (χ0v) is 15.4. The largest absolute Gasteiger partial charge is 0.397 e. The van der Waals surface area contributed by atoms with E-state index in [1.807, 2.05) is 32.7 Å². The normalized spacial score (nSPS) is 17.6. The van der Waals surface area contributed by atoms with Crippen LogP contribution in [0.25, 0.3) is 0 Å². The fourth-order valence-corrected chi connectivity index (χ4v) is 4.21. The highest BCUT2D eigenvalue weighted by Crippen LogP contribution is 2.29. The molecule has 0 aromatic carbocycles. The predicted octanol–water partition coefficient (Wildman–Crippen LogP) is 1.72. The number of hydrogen-bond acceptors (Lipinski definition) is 6. The number of likely N-dealkylation sites (tertiary alicyclic amines) is 1. The molecule has 9 heteroatoms. The molecule has 1 amide bonds. The number of imidazole rings is 1. The number of nitrogens with zero attached hydrogens (tertiary/aromatic N) is 6. The maximum absolute atomic E-state index is 12.8. The van der Waals surface area contributed by atoms with Crippen molar-refractivity contribution in [1.82, 2.24) is 29.2 Å². The number of carbonyl (C=O) groups is 1. The molecule has 0 unspecified atom stereocenters. The van der Waals surface area contributed by atoms with Gasteiger partial charge < -0.3 is 19.8 Å². The van der Waals surface area contributed by atoms with Crippen LogP contribution in [-0.2, 0) is 13.6 Å². The summed E-state index contributed by atoms with van der Waals surface area (Å²) in [7, 11) is 1.99. The zero-order valence-electron chi connectivity index (χ0n) is 14.6. The summed E-state index contributed by atoms with van der Waals surface area (Å²) in [5.41, 5.74) is 6.47. The van der Waals surface area contributed by atoms with Gasteiger partial charge in [0.05, 0.1) is 18.6 Å². The van der Waals surface area contributed by atoms with Gasteiger partial charge in [-0.05, 0) is 24.3 Å². The number of rotatable bonds is 4. The number of thiophene rings is 1. The van der Waals surface area contributed by atoms with Gasteiger partial charge in [0.15, 0.2) is 5.82 Å². The number of anilines is 1. The van der Waals surface area contributed by atoms with Gasteiger partial charge in [-0.25, -0.2) is 4.98 Å². The lowest BCUT2D eigenvalue weighted by molar-refractivity contribution is 0.0709. The van der Waals surface area contributed by atoms with Crippen molar-refractivity contribution in [3.05, 3.63) is 46.7 Å². The summed E-state index contributed by atoms with van der Waals surface area (Å²) in [6.07, 6.45) is 7.37. The molecule has 3 aromatic heterocycles. The minimum atomic E-state index is 0.0167. The lowest BCUT2D eigenvalue weighted by Crippen LogP contribution is -2.39. The molecule has 0 spiro atoms. The molecular formula is C17H21N7OS. The average Bonchev–Trinajstić information content (AvgIpc) is 3.38. The SMILES string of the molecule is Cn1c(Cn2ccnc2)nnc1[C@H]1CCCN(C(=O)c2sccc2N)C1. The Hall–Kier alpha value is -2.68. The molecule has 0 radical (unpaired) electrons. The van der Waals surface area contributed by atoms with Gasteiger partial charge in [0.1, 0.15) is 10.7 Å². The van der Waals surface area contributed by atoms with Crippen LogP contribution in [0.3, 0.4) is 0 Å². The van der Waals surface area contributed by atoms with Gasteiger partial charge in [-0.1, -0.05) is 0 Å². The van der Waals surface area contributed by atoms with E-state index in [-0.39, 0.29) is 11.8 Å². The van der Waals surface area contributed by atoms with E-state index in [2.05, 4.69) is 15.2 Å². The predicted molar refractivity (Wildman–Crippen MR) is 98.9 cm³/mol. The molecule has 136 valence electrons. The number of carbonyl (C=O) groups excluding carboxylic acids is 1. The van der Waals surface area contributed by atoms with Crippen LogP contribution in [0.4, 0.5) is 5.69 Å². The van der Waals surface area contributed by atoms with Crippen molar-refractivity contribution in [3.8, 4) is 0 Å². The van der Waals surface area contributed by atoms with Crippen molar-refractivity contribution in [3.63, 3.8) is 0 Å². The molecule has 1 fully saturated rings. The van der Waals surface area contributed by atoms with Gasteiger partial charge in [0.25, 0.3) is 5.91 Å². The first-order chi connectivity index (χ1) is 12.6. The zero-order chi connectivity index (χ0) is 18.1. The summed E-state index contributed by atoms with van der Waals surface area (Å²) >= 11 is 1.40. The maximum Gasteiger partial charge on any atom is 0.266 e. The first-order valence-corrected chi connectivity index (χ1v) is 9.47. The second kappa shape index (κ2) is 6.91. The molecule has 1 aliphatic heterocycles. The van der Waals surface area contributed by atoms with Crippen molar-refractivity contribution in [2.75, 3.05) is 18.8 Å². The average molecular weight is 371 g/mol. The second-order valence-corrected chi connectivity index (χ2v) is 7.48. The topological polar surface area (TPSA) is 94.9 Å². The minimum absolute atomic E-state index is 0.0167. The molecule has 4 rings (SSSR count). The Labute approximate surface area is 155 Å². The van der Waals surface area contributed by atoms with Crippen LogP contribution in [0.1, 0.15) is 40.1 Å². The highest BCUT2D eigenvalue weighted by atomic mass is 32.1. The Morgan fingerprint density at radius 2 is 2.31 bits per heavy atom. The Balaban J connectivity index is 1.50. The molecule has 0 saturated carbocycles. The Morgan fingerprint density at radius 1 is 1.42 bits per heavy atom. The van der Waals surface area contributed by atoms with Gasteiger partial charge in [-0.3, -0.25) is 4.79 Å². The van der Waals surface area contributed by atoms with E-state index < -0.39 is 0 Å². The van der Waals surface area contributed by atoms with Crippen LogP contribution < -0.4 is 5.73 Å². The van der Waals surface area contributed by atoms with Gasteiger partial charge >= 0.3 is 0 Å². The molecule has 4 heterocycles. The van der Waals surface area contributed by atoms with E-state index in [0.717, 1.165) is 31.0 Å². The number of hydrogen-bond donors (Lipinski definition) is 1. The summed E-state index contributed by atoms with van der Waals surface area (Å²) < 4.78 is 4.00. The molecule has 8 nitrogen and oxygen atoms in total. The summed E-state index contributed by atoms with van der Waals surface area (Å²) in [5.74, 6) is 2.01. The van der Waals surface area contributed by atoms with E-state index >= 15 is 0 Å². The monoisotopic (exact) mass is 371 g/mol. The number of aromatic nitrogens is 5. The Morgan fingerprint density at radius 3 is 3.04 bits per heavy atom. The molecule has 3 aromatic rings. The smallest absolute Gasteiger partial charge is 0.266 e. The van der Waals surface area contributed by atoms with E-state index in [4.69, 9.17) is 5.73 Å². The third-order valence-corrected chi connectivity index (χ3v) is 5.76. The van der Waals surface area contributed by atoms with Crippen LogP contribution in [0, 0.1) is 0 Å². The fourth-order valence-electron chi connectivity index (χ4n) is 3.42. The number of nitrogen functional groups attached to an aromatic ring is 1. The molecule has 1 saturated heterocycles. The van der Waals surface area contributed by atoms with Crippen molar-refractivity contribution >= 4 is 22.9 Å². The van der Waals surface area contributed by atoms with Crippen molar-refractivity contribution < 1.29 is 4.79 Å². The Bertz CT molecular complexity index is 898. The quantitative estimate of drug-likeness (QED) is 0.753. The van der Waals surface area contributed by atoms with Gasteiger partial charge in [0.2, 0.25) is 0 Å². The summed E-state index contributed by atoms with van der Waals surface area (Å²) in [6.45, 7) is 2.03. The second-order valence-electron chi connectivity index (χ2n) is 6.56. The molecule has 26 heavy (non-hydrogen) atoms. The number of nitrogens with two attached hydrogens (primary N) is 1. The van der Waals surface area contributed by atoms with Crippen molar-refractivity contribution in [2.45, 2.75) is 25.3 Å². The van der Waals surface area contributed by atoms with Crippen molar-refractivity contribution in [1.29, 1.82) is 0 Å². The first-order valence-electron chi connectivity index (χ1n) is 8.59. The summed E-state index contributed by atoms with van der Waals surface area (Å²) in [5, 5.41) is 10.6. The number of amides is 1. The van der Waals surface area contributed by atoms with Crippen LogP contribution in [0.15, 0.2) is 30.2 Å². The van der Waals surface area contributed by atoms with Gasteiger partial charge in [-0.15, -0.1) is 21.5 Å². The lowest BCUT2D eigenvalue weighted by Gasteiger charge is -2.32. The van der Waals surface area contributed by atoms with Gasteiger partial charge in [0, 0.05) is 38.4 Å². The molecule has 1 atom stereocenters. The summed E-state index contributed by atoms with van der Waals surface area (Å²) in [6, 6.07) is 1.78. The van der Waals surface area contributed by atoms with E-state index in [1.165, 1.54) is 11.3 Å². The molecule has 0 bridgehead atoms. The maximum atomic E-state index is 12.8. The number of piperidine rings is 1. The minimum Gasteiger partial charge on any atom is -0.397 e. The molecule has 0 aliphatic carbocycles. The standard InChI is InChI=1S/C17H21N7OS/c1-22-14(10-23-7-5-19-11-23)20-21-16(22)12-3-2-6-24(9-12)17(25)15-13(18)4-8-26-15/h4-5,7-8,11-12H,2-3,6,9-10,18H2,1H3/t12-/m0/s1. The highest BCUT2D eigenvalue weighted by Gasteiger charge is 2.30. The molecule has 2 N–H and O–H groups in total. The Kier molecular flexibility index (Phi) is 4.46. The van der Waals surface area contributed by atoms with E-state index in [9.17, 15) is 4.79 Å².